The molecule has 1 aliphatic rings. The highest BCUT2D eigenvalue weighted by atomic mass is 127. The maximum Gasteiger partial charge on any atom is 0.122 e. The lowest BCUT2D eigenvalue weighted by Crippen LogP contribution is -2.35. The van der Waals surface area contributed by atoms with Gasteiger partial charge in [0.25, 0.3) is 0 Å². The molecule has 0 aromatic rings. The Kier molecular flexibility index (Phi) is 3.30. The summed E-state index contributed by atoms with van der Waals surface area (Å²) >= 11 is 2.35. The quantitative estimate of drug-likeness (QED) is 0.470. The number of aliphatic hydroxyl groups is 1. The molecule has 0 spiro atoms. The number of aldehydes is 1. The van der Waals surface area contributed by atoms with Crippen LogP contribution in [0.15, 0.2) is 0 Å². The van der Waals surface area contributed by atoms with Crippen LogP contribution in [0.5, 0.6) is 0 Å². The van der Waals surface area contributed by atoms with Crippen molar-refractivity contribution < 1.29 is 9.90 Å². The molecule has 1 saturated carbocycles. The second kappa shape index (κ2) is 3.85. The molecule has 0 aromatic heterocycles. The van der Waals surface area contributed by atoms with Crippen LogP contribution < -0.4 is 0 Å². The van der Waals surface area contributed by atoms with Crippen molar-refractivity contribution in [2.45, 2.75) is 41.6 Å². The molecular formula is C8H13IO2. The Morgan fingerprint density at radius 3 is 3.00 bits per heavy atom. The number of halogens is 1. The van der Waals surface area contributed by atoms with Crippen LogP contribution in [-0.2, 0) is 4.79 Å². The van der Waals surface area contributed by atoms with E-state index in [-0.39, 0.29) is 0 Å². The summed E-state index contributed by atoms with van der Waals surface area (Å²) < 4.78 is 0.547. The maximum absolute atomic E-state index is 10.2. The molecule has 1 unspecified atom stereocenters. The summed E-state index contributed by atoms with van der Waals surface area (Å²) in [6.45, 7) is 0. The Balaban J connectivity index is 2.47. The number of carbonyl (C=O) groups is 1. The number of rotatable bonds is 2. The zero-order valence-electron chi connectivity index (χ0n) is 6.42. The largest absolute Gasteiger partial charge is 0.389 e. The smallest absolute Gasteiger partial charge is 0.122 e. The van der Waals surface area contributed by atoms with Crippen molar-refractivity contribution in [1.29, 1.82) is 0 Å². The molecule has 1 fully saturated rings. The van der Waals surface area contributed by atoms with Gasteiger partial charge in [-0.1, -0.05) is 22.6 Å². The highest BCUT2D eigenvalue weighted by Gasteiger charge is 2.32. The Morgan fingerprint density at radius 1 is 1.73 bits per heavy atom. The summed E-state index contributed by atoms with van der Waals surface area (Å²) in [6.07, 6.45) is 4.96. The fourth-order valence-corrected chi connectivity index (χ4v) is 2.87. The van der Waals surface area contributed by atoms with E-state index < -0.39 is 5.60 Å². The zero-order valence-corrected chi connectivity index (χ0v) is 8.58. The van der Waals surface area contributed by atoms with Gasteiger partial charge >= 0.3 is 0 Å². The average Bonchev–Trinajstić information content (AvgIpc) is 1.86. The molecule has 64 valence electrons. The van der Waals surface area contributed by atoms with E-state index in [1.807, 2.05) is 0 Å². The first kappa shape index (κ1) is 9.45. The molecule has 2 nitrogen and oxygen atoms in total. The molecule has 1 N–H and O–H groups in total. The average molecular weight is 268 g/mol. The first-order valence-corrected chi connectivity index (χ1v) is 5.21. The molecule has 3 heteroatoms. The molecular weight excluding hydrogens is 255 g/mol. The summed E-state index contributed by atoms with van der Waals surface area (Å²) in [5.74, 6) is 0. The van der Waals surface area contributed by atoms with E-state index in [1.54, 1.807) is 0 Å². The molecule has 0 saturated heterocycles. The van der Waals surface area contributed by atoms with Crippen molar-refractivity contribution in [3.8, 4) is 0 Å². The minimum atomic E-state index is -0.675. The van der Waals surface area contributed by atoms with Crippen LogP contribution in [0.4, 0.5) is 0 Å². The SMILES string of the molecule is O=CC[C@]1(O)CCCC(I)C1. The fourth-order valence-electron chi connectivity index (χ4n) is 1.61. The van der Waals surface area contributed by atoms with E-state index in [0.717, 1.165) is 25.5 Å². The number of carbonyl (C=O) groups excluding carboxylic acids is 1. The standard InChI is InChI=1S/C8H13IO2/c9-7-2-1-3-8(11,6-7)4-5-10/h5,7,11H,1-4,6H2/t7?,8-/m1/s1. The summed E-state index contributed by atoms with van der Waals surface area (Å²) in [7, 11) is 0. The Labute approximate surface area is 80.5 Å². The molecule has 0 aliphatic heterocycles. The van der Waals surface area contributed by atoms with Crippen LogP contribution in [0.3, 0.4) is 0 Å². The first-order chi connectivity index (χ1) is 5.16. The van der Waals surface area contributed by atoms with Gasteiger partial charge in [-0.3, -0.25) is 0 Å². The van der Waals surface area contributed by atoms with Crippen LogP contribution in [0.25, 0.3) is 0 Å². The number of hydrogen-bond acceptors (Lipinski definition) is 2. The van der Waals surface area contributed by atoms with Crippen LogP contribution in [0.2, 0.25) is 0 Å². The third-order valence-electron chi connectivity index (χ3n) is 2.22. The van der Waals surface area contributed by atoms with Crippen LogP contribution >= 0.6 is 22.6 Å². The van der Waals surface area contributed by atoms with Gasteiger partial charge in [0.15, 0.2) is 0 Å². The highest BCUT2D eigenvalue weighted by molar-refractivity contribution is 14.1. The van der Waals surface area contributed by atoms with E-state index in [9.17, 15) is 9.90 Å². The lowest BCUT2D eigenvalue weighted by molar-refractivity contribution is -0.113. The normalized spacial score (nSPS) is 38.5. The molecule has 0 bridgehead atoms. The second-order valence-corrected chi connectivity index (χ2v) is 5.05. The first-order valence-electron chi connectivity index (χ1n) is 3.96. The Morgan fingerprint density at radius 2 is 2.45 bits per heavy atom. The van der Waals surface area contributed by atoms with Crippen LogP contribution in [0.1, 0.15) is 32.1 Å². The van der Waals surface area contributed by atoms with Gasteiger partial charge in [-0.15, -0.1) is 0 Å². The maximum atomic E-state index is 10.2. The summed E-state index contributed by atoms with van der Waals surface area (Å²) in [5.41, 5.74) is -0.675. The van der Waals surface area contributed by atoms with Crippen LogP contribution in [0, 0.1) is 0 Å². The molecule has 0 aromatic carbocycles. The minimum absolute atomic E-state index is 0.312. The van der Waals surface area contributed by atoms with Crippen molar-refractivity contribution in [1.82, 2.24) is 0 Å². The molecule has 11 heavy (non-hydrogen) atoms. The molecule has 2 atom stereocenters. The monoisotopic (exact) mass is 268 g/mol. The van der Waals surface area contributed by atoms with E-state index in [0.29, 0.717) is 10.3 Å². The molecule has 0 radical (unpaired) electrons. The van der Waals surface area contributed by atoms with Crippen molar-refractivity contribution in [3.63, 3.8) is 0 Å². The third kappa shape index (κ3) is 2.71. The van der Waals surface area contributed by atoms with E-state index >= 15 is 0 Å². The van der Waals surface area contributed by atoms with Gasteiger partial charge in [-0.05, 0) is 25.7 Å². The lowest BCUT2D eigenvalue weighted by atomic mass is 9.83. The van der Waals surface area contributed by atoms with Crippen molar-refractivity contribution in [2.24, 2.45) is 0 Å². The number of hydrogen-bond donors (Lipinski definition) is 1. The van der Waals surface area contributed by atoms with E-state index in [1.165, 1.54) is 6.42 Å². The summed E-state index contributed by atoms with van der Waals surface area (Å²) in [4.78, 5) is 10.2. The van der Waals surface area contributed by atoms with Gasteiger partial charge in [-0.25, -0.2) is 0 Å². The molecule has 0 amide bonds. The predicted octanol–water partition coefficient (Wildman–Crippen LogP) is 1.68. The molecule has 1 aliphatic carbocycles. The van der Waals surface area contributed by atoms with Crippen molar-refractivity contribution in [2.75, 3.05) is 0 Å². The van der Waals surface area contributed by atoms with Crippen molar-refractivity contribution >= 4 is 28.9 Å². The van der Waals surface area contributed by atoms with Gasteiger partial charge < -0.3 is 9.90 Å². The second-order valence-electron chi connectivity index (χ2n) is 3.29. The van der Waals surface area contributed by atoms with E-state index in [4.69, 9.17) is 0 Å². The van der Waals surface area contributed by atoms with E-state index in [2.05, 4.69) is 22.6 Å². The predicted molar refractivity (Wildman–Crippen MR) is 51.9 cm³/mol. The van der Waals surface area contributed by atoms with Gasteiger partial charge in [0.1, 0.15) is 6.29 Å². The number of alkyl halides is 1. The topological polar surface area (TPSA) is 37.3 Å². The Bertz CT molecular complexity index is 149. The van der Waals surface area contributed by atoms with Gasteiger partial charge in [-0.2, -0.15) is 0 Å². The Hall–Kier alpha value is 0.360. The third-order valence-corrected chi connectivity index (χ3v) is 3.29. The van der Waals surface area contributed by atoms with Gasteiger partial charge in [0, 0.05) is 10.3 Å². The lowest BCUT2D eigenvalue weighted by Gasteiger charge is -2.33. The van der Waals surface area contributed by atoms with Crippen molar-refractivity contribution in [3.05, 3.63) is 0 Å². The summed E-state index contributed by atoms with van der Waals surface area (Å²) in [5, 5.41) is 9.81. The highest BCUT2D eigenvalue weighted by Crippen LogP contribution is 2.34. The van der Waals surface area contributed by atoms with Gasteiger partial charge in [0.05, 0.1) is 5.60 Å². The molecule has 1 rings (SSSR count). The summed E-state index contributed by atoms with van der Waals surface area (Å²) in [6, 6.07) is 0. The minimum Gasteiger partial charge on any atom is -0.389 e. The van der Waals surface area contributed by atoms with Gasteiger partial charge in [0.2, 0.25) is 0 Å². The molecule has 0 heterocycles. The van der Waals surface area contributed by atoms with Crippen LogP contribution in [-0.4, -0.2) is 20.9 Å². The fraction of sp³-hybridized carbons (Fsp3) is 0.875. The zero-order chi connectivity index (χ0) is 8.32.